The molecule has 3 unspecified atom stereocenters. The number of likely N-dealkylation sites (N-methyl/N-ethyl adjacent to an activating group) is 2. The number of aliphatic hydroxyl groups excluding tert-OH is 1. The third-order valence-corrected chi connectivity index (χ3v) is 8.17. The average Bonchev–Trinajstić information content (AvgIpc) is 3.23. The summed E-state index contributed by atoms with van der Waals surface area (Å²) in [6.07, 6.45) is 2.51. The first kappa shape index (κ1) is 22.1. The monoisotopic (exact) mass is 450 g/mol. The summed E-state index contributed by atoms with van der Waals surface area (Å²) in [4.78, 5) is 28.7. The van der Waals surface area contributed by atoms with Crippen LogP contribution in [0.1, 0.15) is 50.7 Å². The number of nitrogens with one attached hydrogen (secondary N) is 1. The van der Waals surface area contributed by atoms with E-state index in [1.807, 2.05) is 37.2 Å². The van der Waals surface area contributed by atoms with E-state index in [4.69, 9.17) is 4.98 Å². The number of hydrogen-bond donors (Lipinski definition) is 2. The Labute approximate surface area is 195 Å². The Hall–Kier alpha value is -2.71. The van der Waals surface area contributed by atoms with Gasteiger partial charge in [-0.2, -0.15) is 0 Å². The van der Waals surface area contributed by atoms with Gasteiger partial charge in [-0.15, -0.1) is 0 Å². The van der Waals surface area contributed by atoms with Crippen molar-refractivity contribution in [2.75, 3.05) is 42.3 Å². The fourth-order valence-electron chi connectivity index (χ4n) is 5.94. The molecule has 0 aliphatic carbocycles. The van der Waals surface area contributed by atoms with E-state index in [1.54, 1.807) is 6.33 Å². The minimum absolute atomic E-state index is 0.0730. The highest BCUT2D eigenvalue weighted by atomic mass is 16.3. The second-order valence-electron chi connectivity index (χ2n) is 10.1. The van der Waals surface area contributed by atoms with Crippen LogP contribution in [-0.2, 0) is 10.2 Å². The number of amides is 1. The predicted molar refractivity (Wildman–Crippen MR) is 130 cm³/mol. The number of hydrogen-bond acceptors (Lipinski definition) is 7. The molecule has 3 aliphatic rings. The standard InChI is InChI=1S/C25H34N6O2/c1-15(2)29(4)23(32)20-16(3)19-21(30(20)5)26-14-27-22(19)31-12-10-25(11-13-31)17-8-6-7-9-18(17)28-24(25)33/h6-9,14-16,20,23,32H,10-13H2,1-5H3,(H,28,33). The van der Waals surface area contributed by atoms with Gasteiger partial charge in [-0.25, -0.2) is 9.97 Å². The molecule has 2 aromatic rings. The van der Waals surface area contributed by atoms with Crippen LogP contribution in [0.5, 0.6) is 0 Å². The van der Waals surface area contributed by atoms with Crippen molar-refractivity contribution in [3.8, 4) is 0 Å². The molecule has 1 amide bonds. The number of carbonyl (C=O) groups excluding carboxylic acids is 1. The summed E-state index contributed by atoms with van der Waals surface area (Å²) >= 11 is 0. The number of aromatic nitrogens is 2. The van der Waals surface area contributed by atoms with Crippen LogP contribution in [0.15, 0.2) is 30.6 Å². The van der Waals surface area contributed by atoms with Crippen molar-refractivity contribution in [3.63, 3.8) is 0 Å². The van der Waals surface area contributed by atoms with Crippen molar-refractivity contribution in [2.45, 2.75) is 63.3 Å². The van der Waals surface area contributed by atoms with Crippen LogP contribution in [-0.4, -0.2) is 71.4 Å². The molecule has 8 heteroatoms. The zero-order valence-electron chi connectivity index (χ0n) is 20.1. The van der Waals surface area contributed by atoms with Gasteiger partial charge in [0.1, 0.15) is 24.2 Å². The molecule has 1 fully saturated rings. The van der Waals surface area contributed by atoms with Crippen molar-refractivity contribution in [1.29, 1.82) is 0 Å². The van der Waals surface area contributed by atoms with Gasteiger partial charge in [-0.1, -0.05) is 25.1 Å². The molecular formula is C25H34N6O2. The normalized spacial score (nSPS) is 24.4. The Bertz CT molecular complexity index is 1060. The van der Waals surface area contributed by atoms with Gasteiger partial charge < -0.3 is 20.2 Å². The van der Waals surface area contributed by atoms with Gasteiger partial charge in [-0.3, -0.25) is 9.69 Å². The Balaban J connectivity index is 1.42. The molecule has 1 saturated heterocycles. The first-order valence-corrected chi connectivity index (χ1v) is 11.9. The fraction of sp³-hybridized carbons (Fsp3) is 0.560. The zero-order valence-corrected chi connectivity index (χ0v) is 20.1. The van der Waals surface area contributed by atoms with Gasteiger partial charge in [-0.05, 0) is 45.4 Å². The van der Waals surface area contributed by atoms with Crippen LogP contribution in [0.4, 0.5) is 17.3 Å². The van der Waals surface area contributed by atoms with E-state index in [-0.39, 0.29) is 23.9 Å². The molecule has 0 bridgehead atoms. The number of carbonyl (C=O) groups is 1. The summed E-state index contributed by atoms with van der Waals surface area (Å²) in [6, 6.07) is 8.18. The topological polar surface area (TPSA) is 84.8 Å². The maximum atomic E-state index is 13.0. The molecule has 176 valence electrons. The summed E-state index contributed by atoms with van der Waals surface area (Å²) in [5.41, 5.74) is 2.70. The van der Waals surface area contributed by atoms with Gasteiger partial charge in [0.05, 0.1) is 11.5 Å². The molecular weight excluding hydrogens is 416 g/mol. The third kappa shape index (κ3) is 3.22. The molecule has 5 rings (SSSR count). The highest BCUT2D eigenvalue weighted by Crippen LogP contribution is 2.48. The molecule has 4 heterocycles. The lowest BCUT2D eigenvalue weighted by atomic mass is 9.73. The smallest absolute Gasteiger partial charge is 0.235 e. The van der Waals surface area contributed by atoms with Gasteiger partial charge in [0.25, 0.3) is 0 Å². The van der Waals surface area contributed by atoms with E-state index in [0.717, 1.165) is 54.4 Å². The van der Waals surface area contributed by atoms with Crippen LogP contribution >= 0.6 is 0 Å². The Kier molecular flexibility index (Phi) is 5.33. The average molecular weight is 451 g/mol. The first-order valence-electron chi connectivity index (χ1n) is 11.9. The number of nitrogens with zero attached hydrogens (tertiary/aromatic N) is 5. The lowest BCUT2D eigenvalue weighted by Crippen LogP contribution is -2.51. The van der Waals surface area contributed by atoms with Crippen LogP contribution in [0.3, 0.4) is 0 Å². The number of para-hydroxylation sites is 1. The number of piperidine rings is 1. The van der Waals surface area contributed by atoms with Gasteiger partial charge in [0.15, 0.2) is 0 Å². The van der Waals surface area contributed by atoms with Crippen molar-refractivity contribution in [3.05, 3.63) is 41.7 Å². The minimum atomic E-state index is -0.615. The van der Waals surface area contributed by atoms with E-state index in [0.29, 0.717) is 0 Å². The Morgan fingerprint density at radius 3 is 2.55 bits per heavy atom. The number of rotatable bonds is 4. The Morgan fingerprint density at radius 1 is 1.18 bits per heavy atom. The van der Waals surface area contributed by atoms with Crippen molar-refractivity contribution >= 4 is 23.2 Å². The lowest BCUT2D eigenvalue weighted by Gasteiger charge is -2.39. The van der Waals surface area contributed by atoms with Crippen LogP contribution in [0.2, 0.25) is 0 Å². The third-order valence-electron chi connectivity index (χ3n) is 8.17. The molecule has 8 nitrogen and oxygen atoms in total. The summed E-state index contributed by atoms with van der Waals surface area (Å²) < 4.78 is 0. The van der Waals surface area contributed by atoms with Crippen molar-refractivity contribution in [2.24, 2.45) is 0 Å². The number of fused-ring (bicyclic) bond motifs is 3. The molecule has 3 atom stereocenters. The zero-order chi connectivity index (χ0) is 23.5. The van der Waals surface area contributed by atoms with Crippen molar-refractivity contribution in [1.82, 2.24) is 14.9 Å². The molecule has 2 N–H and O–H groups in total. The fourth-order valence-corrected chi connectivity index (χ4v) is 5.94. The van der Waals surface area contributed by atoms with E-state index in [1.165, 1.54) is 0 Å². The molecule has 33 heavy (non-hydrogen) atoms. The molecule has 3 aliphatic heterocycles. The van der Waals surface area contributed by atoms with E-state index in [9.17, 15) is 9.90 Å². The summed E-state index contributed by atoms with van der Waals surface area (Å²) in [5, 5.41) is 14.2. The largest absolute Gasteiger partial charge is 0.376 e. The van der Waals surface area contributed by atoms with Gasteiger partial charge in [0.2, 0.25) is 5.91 Å². The van der Waals surface area contributed by atoms with Gasteiger partial charge >= 0.3 is 0 Å². The Morgan fingerprint density at radius 2 is 1.85 bits per heavy atom. The summed E-state index contributed by atoms with van der Waals surface area (Å²) in [5.74, 6) is 2.01. The highest BCUT2D eigenvalue weighted by Gasteiger charge is 2.49. The molecule has 1 aromatic carbocycles. The van der Waals surface area contributed by atoms with Crippen molar-refractivity contribution < 1.29 is 9.90 Å². The molecule has 0 saturated carbocycles. The predicted octanol–water partition coefficient (Wildman–Crippen LogP) is 2.55. The van der Waals surface area contributed by atoms with E-state index >= 15 is 0 Å². The summed E-state index contributed by atoms with van der Waals surface area (Å²) in [7, 11) is 3.96. The maximum Gasteiger partial charge on any atom is 0.235 e. The SMILES string of the molecule is CC1c2c(N3CCC4(CC3)C(=O)Nc3ccccc34)ncnc2N(C)C1C(O)N(C)C(C)C. The second kappa shape index (κ2) is 7.95. The van der Waals surface area contributed by atoms with E-state index < -0.39 is 11.6 Å². The number of benzene rings is 1. The molecule has 1 spiro atoms. The number of anilines is 3. The summed E-state index contributed by atoms with van der Waals surface area (Å²) in [6.45, 7) is 7.83. The maximum absolute atomic E-state index is 13.0. The number of aliphatic hydroxyl groups is 1. The second-order valence-corrected chi connectivity index (χ2v) is 10.1. The first-order chi connectivity index (χ1) is 15.8. The minimum Gasteiger partial charge on any atom is -0.376 e. The molecule has 1 aromatic heterocycles. The van der Waals surface area contributed by atoms with E-state index in [2.05, 4.69) is 46.9 Å². The molecule has 0 radical (unpaired) electrons. The quantitative estimate of drug-likeness (QED) is 0.693. The lowest BCUT2D eigenvalue weighted by molar-refractivity contribution is -0.121. The van der Waals surface area contributed by atoms with Crippen LogP contribution in [0.25, 0.3) is 0 Å². The van der Waals surface area contributed by atoms with Crippen LogP contribution < -0.4 is 15.1 Å². The van der Waals surface area contributed by atoms with Crippen LogP contribution in [0, 0.1) is 0 Å². The highest BCUT2D eigenvalue weighted by molar-refractivity contribution is 6.06. The van der Waals surface area contributed by atoms with Gasteiger partial charge in [0, 0.05) is 43.3 Å².